The summed E-state index contributed by atoms with van der Waals surface area (Å²) in [4.78, 5) is 14.0. The molecule has 0 aliphatic carbocycles. The quantitative estimate of drug-likeness (QED) is 0.617. The fraction of sp³-hybridized carbons (Fsp3) is 0. The van der Waals surface area contributed by atoms with Crippen molar-refractivity contribution in [2.45, 2.75) is 0 Å². The van der Waals surface area contributed by atoms with Crippen molar-refractivity contribution in [3.8, 4) is 17.0 Å². The van der Waals surface area contributed by atoms with Gasteiger partial charge in [-0.15, -0.1) is 0 Å². The van der Waals surface area contributed by atoms with Crippen LogP contribution in [0.5, 0.6) is 5.75 Å². The van der Waals surface area contributed by atoms with Crippen LogP contribution in [0.25, 0.3) is 11.3 Å². The Morgan fingerprint density at radius 3 is 2.31 bits per heavy atom. The fourth-order valence-electron chi connectivity index (χ4n) is 1.31. The van der Waals surface area contributed by atoms with Crippen LogP contribution in [0.4, 0.5) is 5.69 Å². The number of nitro benzene ring substituents is 1. The summed E-state index contributed by atoms with van der Waals surface area (Å²) in [5.41, 5.74) is 1.47. The first-order valence-electron chi connectivity index (χ1n) is 4.56. The van der Waals surface area contributed by atoms with Crippen molar-refractivity contribution in [3.05, 3.63) is 52.7 Å². The van der Waals surface area contributed by atoms with E-state index in [1.54, 1.807) is 18.2 Å². The van der Waals surface area contributed by atoms with Gasteiger partial charge in [0.2, 0.25) is 0 Å². The molecule has 80 valence electrons. The zero-order valence-electron chi connectivity index (χ0n) is 8.20. The van der Waals surface area contributed by atoms with Gasteiger partial charge < -0.3 is 5.11 Å². The van der Waals surface area contributed by atoms with Gasteiger partial charge in [0.15, 0.2) is 0 Å². The van der Waals surface area contributed by atoms with Crippen LogP contribution in [0.1, 0.15) is 0 Å². The zero-order chi connectivity index (χ0) is 11.5. The molecule has 0 saturated heterocycles. The summed E-state index contributed by atoms with van der Waals surface area (Å²) in [6.07, 6.45) is 1.33. The highest BCUT2D eigenvalue weighted by Crippen LogP contribution is 2.21. The normalized spacial score (nSPS) is 10.0. The maximum absolute atomic E-state index is 10.5. The van der Waals surface area contributed by atoms with Crippen molar-refractivity contribution in [2.75, 3.05) is 0 Å². The van der Waals surface area contributed by atoms with Crippen LogP contribution >= 0.6 is 0 Å². The second-order valence-electron chi connectivity index (χ2n) is 3.21. The molecule has 0 bridgehead atoms. The van der Waals surface area contributed by atoms with Gasteiger partial charge >= 0.3 is 0 Å². The van der Waals surface area contributed by atoms with E-state index in [0.717, 1.165) is 5.56 Å². The summed E-state index contributed by atoms with van der Waals surface area (Å²) in [5, 5.41) is 19.5. The lowest BCUT2D eigenvalue weighted by Crippen LogP contribution is -1.88. The highest BCUT2D eigenvalue weighted by atomic mass is 16.6. The Balaban J connectivity index is 2.34. The molecule has 5 heteroatoms. The van der Waals surface area contributed by atoms with Crippen LogP contribution in [0, 0.1) is 10.1 Å². The smallest absolute Gasteiger partial charge is 0.269 e. The van der Waals surface area contributed by atoms with Crippen molar-refractivity contribution in [2.24, 2.45) is 0 Å². The lowest BCUT2D eigenvalue weighted by atomic mass is 10.1. The van der Waals surface area contributed by atoms with Crippen LogP contribution in [-0.4, -0.2) is 15.0 Å². The van der Waals surface area contributed by atoms with E-state index in [4.69, 9.17) is 5.11 Å². The Morgan fingerprint density at radius 1 is 1.12 bits per heavy atom. The molecular weight excluding hydrogens is 208 g/mol. The minimum absolute atomic E-state index is 0.0440. The second-order valence-corrected chi connectivity index (χ2v) is 3.21. The molecule has 2 rings (SSSR count). The molecule has 0 unspecified atom stereocenters. The SMILES string of the molecule is O=[N+]([O-])c1ccc(-c2ccc(O)cn2)cc1. The van der Waals surface area contributed by atoms with E-state index >= 15 is 0 Å². The zero-order valence-corrected chi connectivity index (χ0v) is 8.20. The van der Waals surface area contributed by atoms with Crippen molar-refractivity contribution < 1.29 is 10.0 Å². The molecule has 0 aliphatic heterocycles. The third-order valence-corrected chi connectivity index (χ3v) is 2.12. The van der Waals surface area contributed by atoms with E-state index in [0.29, 0.717) is 5.69 Å². The van der Waals surface area contributed by atoms with E-state index < -0.39 is 4.92 Å². The largest absolute Gasteiger partial charge is 0.506 e. The van der Waals surface area contributed by atoms with E-state index in [2.05, 4.69) is 4.98 Å². The summed E-state index contributed by atoms with van der Waals surface area (Å²) in [7, 11) is 0. The molecule has 1 N–H and O–H groups in total. The molecule has 1 heterocycles. The number of nitrogens with zero attached hydrogens (tertiary/aromatic N) is 2. The van der Waals surface area contributed by atoms with Crippen molar-refractivity contribution >= 4 is 5.69 Å². The number of nitro groups is 1. The fourth-order valence-corrected chi connectivity index (χ4v) is 1.31. The van der Waals surface area contributed by atoms with Crippen LogP contribution < -0.4 is 0 Å². The van der Waals surface area contributed by atoms with Gasteiger partial charge in [-0.1, -0.05) is 0 Å². The Bertz CT molecular complexity index is 506. The number of hydrogen-bond donors (Lipinski definition) is 1. The summed E-state index contributed by atoms with van der Waals surface area (Å²) in [6, 6.07) is 9.25. The van der Waals surface area contributed by atoms with Crippen LogP contribution in [0.2, 0.25) is 0 Å². The van der Waals surface area contributed by atoms with Gasteiger partial charge in [0.25, 0.3) is 5.69 Å². The van der Waals surface area contributed by atoms with Gasteiger partial charge in [-0.2, -0.15) is 0 Å². The van der Waals surface area contributed by atoms with Gasteiger partial charge in [0, 0.05) is 17.7 Å². The van der Waals surface area contributed by atoms with E-state index in [-0.39, 0.29) is 11.4 Å². The molecule has 0 atom stereocenters. The molecule has 1 aromatic heterocycles. The van der Waals surface area contributed by atoms with Gasteiger partial charge in [-0.05, 0) is 24.3 Å². The molecule has 0 spiro atoms. The second kappa shape index (κ2) is 3.98. The Hall–Kier alpha value is -2.43. The van der Waals surface area contributed by atoms with E-state index in [9.17, 15) is 10.1 Å². The molecular formula is C11H8N2O3. The maximum Gasteiger partial charge on any atom is 0.269 e. The third-order valence-electron chi connectivity index (χ3n) is 2.12. The summed E-state index contributed by atoms with van der Waals surface area (Å²) >= 11 is 0. The first-order valence-corrected chi connectivity index (χ1v) is 4.56. The topological polar surface area (TPSA) is 76.3 Å². The van der Waals surface area contributed by atoms with Gasteiger partial charge in [-0.25, -0.2) is 0 Å². The molecule has 2 aromatic rings. The average molecular weight is 216 g/mol. The van der Waals surface area contributed by atoms with E-state index in [1.165, 1.54) is 24.4 Å². The maximum atomic E-state index is 10.5. The van der Waals surface area contributed by atoms with E-state index in [1.807, 2.05) is 0 Å². The Labute approximate surface area is 91.2 Å². The summed E-state index contributed by atoms with van der Waals surface area (Å²) in [6.45, 7) is 0. The molecule has 1 aromatic carbocycles. The standard InChI is InChI=1S/C11H8N2O3/c14-10-5-6-11(12-7-10)8-1-3-9(4-2-8)13(15)16/h1-7,14H. The Morgan fingerprint density at radius 2 is 1.81 bits per heavy atom. The number of hydrogen-bond acceptors (Lipinski definition) is 4. The highest BCUT2D eigenvalue weighted by molar-refractivity contribution is 5.61. The predicted octanol–water partition coefficient (Wildman–Crippen LogP) is 2.36. The monoisotopic (exact) mass is 216 g/mol. The number of aromatic nitrogens is 1. The minimum atomic E-state index is -0.450. The summed E-state index contributed by atoms with van der Waals surface area (Å²) < 4.78 is 0. The molecule has 0 aliphatic rings. The number of aromatic hydroxyl groups is 1. The lowest BCUT2D eigenvalue weighted by Gasteiger charge is -2.00. The summed E-state index contributed by atoms with van der Waals surface area (Å²) in [5.74, 6) is 0.0886. The van der Waals surface area contributed by atoms with Crippen LogP contribution in [0.15, 0.2) is 42.6 Å². The number of benzene rings is 1. The average Bonchev–Trinajstić information content (AvgIpc) is 2.30. The predicted molar refractivity (Wildman–Crippen MR) is 58.0 cm³/mol. The first kappa shape index (κ1) is 10.1. The third kappa shape index (κ3) is 1.98. The molecule has 16 heavy (non-hydrogen) atoms. The van der Waals surface area contributed by atoms with Crippen molar-refractivity contribution in [1.82, 2.24) is 4.98 Å². The van der Waals surface area contributed by atoms with Crippen molar-refractivity contribution in [1.29, 1.82) is 0 Å². The first-order chi connectivity index (χ1) is 7.66. The highest BCUT2D eigenvalue weighted by Gasteiger charge is 2.05. The van der Waals surface area contributed by atoms with Gasteiger partial charge in [0.1, 0.15) is 5.75 Å². The Kier molecular flexibility index (Phi) is 2.51. The molecule has 5 nitrogen and oxygen atoms in total. The lowest BCUT2D eigenvalue weighted by molar-refractivity contribution is -0.384. The van der Waals surface area contributed by atoms with Crippen molar-refractivity contribution in [3.63, 3.8) is 0 Å². The van der Waals surface area contributed by atoms with Crippen LogP contribution in [0.3, 0.4) is 0 Å². The van der Waals surface area contributed by atoms with Crippen LogP contribution in [-0.2, 0) is 0 Å². The van der Waals surface area contributed by atoms with Gasteiger partial charge in [0.05, 0.1) is 16.8 Å². The molecule has 0 amide bonds. The molecule has 0 fully saturated rings. The number of pyridine rings is 1. The molecule has 0 radical (unpaired) electrons. The van der Waals surface area contributed by atoms with Gasteiger partial charge in [-0.3, -0.25) is 15.1 Å². The molecule has 0 saturated carbocycles. The number of non-ortho nitro benzene ring substituents is 1. The minimum Gasteiger partial charge on any atom is -0.506 e. The number of rotatable bonds is 2.